The number of rotatable bonds is 3. The number of nitrogens with zero attached hydrogens (tertiary/aromatic N) is 1. The van der Waals surface area contributed by atoms with Crippen LogP contribution in [0.4, 0.5) is 13.2 Å². The van der Waals surface area contributed by atoms with Gasteiger partial charge < -0.3 is 9.67 Å². The Labute approximate surface area is 113 Å². The SMILES string of the molecule is CC(C)n1c(CC(=O)O)cc2cc(C(F)(F)F)ccc21. The van der Waals surface area contributed by atoms with Crippen LogP contribution in [0.2, 0.25) is 0 Å². The zero-order valence-corrected chi connectivity index (χ0v) is 11.0. The van der Waals surface area contributed by atoms with Crippen molar-refractivity contribution in [1.29, 1.82) is 0 Å². The molecule has 0 radical (unpaired) electrons. The van der Waals surface area contributed by atoms with Gasteiger partial charge in [0.05, 0.1) is 12.0 Å². The first-order chi connectivity index (χ1) is 9.20. The van der Waals surface area contributed by atoms with Crippen molar-refractivity contribution >= 4 is 16.9 Å². The third-order valence-corrected chi connectivity index (χ3v) is 3.09. The number of fused-ring (bicyclic) bond motifs is 1. The average molecular weight is 285 g/mol. The monoisotopic (exact) mass is 285 g/mol. The second-order valence-corrected chi connectivity index (χ2v) is 4.94. The van der Waals surface area contributed by atoms with E-state index in [0.717, 1.165) is 12.1 Å². The lowest BCUT2D eigenvalue weighted by Crippen LogP contribution is -2.10. The molecule has 1 N–H and O–H groups in total. The molecule has 1 aromatic carbocycles. The molecule has 108 valence electrons. The van der Waals surface area contributed by atoms with E-state index in [-0.39, 0.29) is 12.5 Å². The van der Waals surface area contributed by atoms with Gasteiger partial charge in [0.15, 0.2) is 0 Å². The van der Waals surface area contributed by atoms with Crippen molar-refractivity contribution < 1.29 is 23.1 Å². The van der Waals surface area contributed by atoms with Gasteiger partial charge in [0.2, 0.25) is 0 Å². The summed E-state index contributed by atoms with van der Waals surface area (Å²) < 4.78 is 39.8. The minimum Gasteiger partial charge on any atom is -0.481 e. The van der Waals surface area contributed by atoms with Crippen LogP contribution in [0.25, 0.3) is 10.9 Å². The minimum atomic E-state index is -4.40. The zero-order chi connectivity index (χ0) is 15.1. The molecule has 0 aliphatic heterocycles. The molecule has 2 aromatic rings. The highest BCUT2D eigenvalue weighted by molar-refractivity contribution is 5.84. The number of benzene rings is 1. The first-order valence-corrected chi connectivity index (χ1v) is 6.13. The van der Waals surface area contributed by atoms with Crippen LogP contribution >= 0.6 is 0 Å². The number of hydrogen-bond acceptors (Lipinski definition) is 1. The molecule has 1 heterocycles. The molecule has 2 rings (SSSR count). The molecule has 6 heteroatoms. The van der Waals surface area contributed by atoms with Gasteiger partial charge in [-0.15, -0.1) is 0 Å². The Kier molecular flexibility index (Phi) is 3.50. The van der Waals surface area contributed by atoms with Crippen molar-refractivity contribution in [1.82, 2.24) is 4.57 Å². The summed E-state index contributed by atoms with van der Waals surface area (Å²) in [6.07, 6.45) is -4.62. The van der Waals surface area contributed by atoms with E-state index in [1.54, 1.807) is 4.57 Å². The summed E-state index contributed by atoms with van der Waals surface area (Å²) in [5.74, 6) is -1.01. The molecule has 0 bridgehead atoms. The summed E-state index contributed by atoms with van der Waals surface area (Å²) in [7, 11) is 0. The van der Waals surface area contributed by atoms with E-state index in [0.29, 0.717) is 16.6 Å². The molecule has 0 fully saturated rings. The van der Waals surface area contributed by atoms with Crippen LogP contribution < -0.4 is 0 Å². The number of hydrogen-bond donors (Lipinski definition) is 1. The normalized spacial score (nSPS) is 12.3. The van der Waals surface area contributed by atoms with Crippen LogP contribution in [-0.2, 0) is 17.4 Å². The lowest BCUT2D eigenvalue weighted by molar-refractivity contribution is -0.138. The van der Waals surface area contributed by atoms with Gasteiger partial charge in [0.25, 0.3) is 0 Å². The Balaban J connectivity index is 2.64. The smallest absolute Gasteiger partial charge is 0.416 e. The first kappa shape index (κ1) is 14.4. The minimum absolute atomic E-state index is 0.0291. The number of halogens is 3. The summed E-state index contributed by atoms with van der Waals surface area (Å²) in [6, 6.07) is 4.95. The molecule has 20 heavy (non-hydrogen) atoms. The van der Waals surface area contributed by atoms with Gasteiger partial charge in [0, 0.05) is 22.6 Å². The molecule has 0 amide bonds. The van der Waals surface area contributed by atoms with E-state index >= 15 is 0 Å². The molecule has 0 unspecified atom stereocenters. The van der Waals surface area contributed by atoms with Crippen molar-refractivity contribution in [3.8, 4) is 0 Å². The van der Waals surface area contributed by atoms with Crippen molar-refractivity contribution in [2.24, 2.45) is 0 Å². The quantitative estimate of drug-likeness (QED) is 0.930. The predicted octanol–water partition coefficient (Wildman–Crippen LogP) is 3.87. The Bertz CT molecular complexity index is 656. The molecule has 0 saturated heterocycles. The summed E-state index contributed by atoms with van der Waals surface area (Å²) in [5, 5.41) is 9.30. The number of alkyl halides is 3. The van der Waals surface area contributed by atoms with Crippen LogP contribution in [0, 0.1) is 0 Å². The average Bonchev–Trinajstić information content (AvgIpc) is 2.63. The summed E-state index contributed by atoms with van der Waals surface area (Å²) in [6.45, 7) is 3.73. The van der Waals surface area contributed by atoms with Gasteiger partial charge in [-0.05, 0) is 38.1 Å². The number of carbonyl (C=O) groups is 1. The van der Waals surface area contributed by atoms with Crippen LogP contribution in [0.3, 0.4) is 0 Å². The molecule has 0 spiro atoms. The Morgan fingerprint density at radius 2 is 1.95 bits per heavy atom. The van der Waals surface area contributed by atoms with Crippen molar-refractivity contribution in [3.63, 3.8) is 0 Å². The fourth-order valence-electron chi connectivity index (χ4n) is 2.37. The maximum Gasteiger partial charge on any atom is 0.416 e. The third kappa shape index (κ3) is 2.64. The maximum atomic E-state index is 12.7. The van der Waals surface area contributed by atoms with E-state index in [1.807, 2.05) is 13.8 Å². The van der Waals surface area contributed by atoms with Crippen molar-refractivity contribution in [2.45, 2.75) is 32.5 Å². The van der Waals surface area contributed by atoms with Gasteiger partial charge in [-0.1, -0.05) is 0 Å². The van der Waals surface area contributed by atoms with Gasteiger partial charge in [0.1, 0.15) is 0 Å². The molecular formula is C14H14F3NO2. The number of carboxylic acid groups (broad SMARTS) is 1. The van der Waals surface area contributed by atoms with Crippen molar-refractivity contribution in [3.05, 3.63) is 35.5 Å². The van der Waals surface area contributed by atoms with E-state index in [1.165, 1.54) is 12.1 Å². The first-order valence-electron chi connectivity index (χ1n) is 6.13. The standard InChI is InChI=1S/C14H14F3NO2/c1-8(2)18-11(7-13(19)20)6-9-5-10(14(15,16)17)3-4-12(9)18/h3-6,8H,7H2,1-2H3,(H,19,20). The lowest BCUT2D eigenvalue weighted by Gasteiger charge is -2.14. The van der Waals surface area contributed by atoms with Gasteiger partial charge in [-0.3, -0.25) is 4.79 Å². The fourth-order valence-corrected chi connectivity index (χ4v) is 2.37. The molecule has 0 atom stereocenters. The second kappa shape index (κ2) is 4.85. The van der Waals surface area contributed by atoms with Gasteiger partial charge in [-0.2, -0.15) is 13.2 Å². The van der Waals surface area contributed by atoms with Crippen LogP contribution in [-0.4, -0.2) is 15.6 Å². The Hall–Kier alpha value is -1.98. The van der Waals surface area contributed by atoms with E-state index < -0.39 is 17.7 Å². The summed E-state index contributed by atoms with van der Waals surface area (Å²) in [4.78, 5) is 10.9. The third-order valence-electron chi connectivity index (χ3n) is 3.09. The Morgan fingerprint density at radius 1 is 1.30 bits per heavy atom. The molecule has 3 nitrogen and oxygen atoms in total. The molecule has 0 saturated carbocycles. The largest absolute Gasteiger partial charge is 0.481 e. The fraction of sp³-hybridized carbons (Fsp3) is 0.357. The van der Waals surface area contributed by atoms with E-state index in [2.05, 4.69) is 0 Å². The topological polar surface area (TPSA) is 42.2 Å². The maximum absolute atomic E-state index is 12.7. The van der Waals surface area contributed by atoms with Gasteiger partial charge >= 0.3 is 12.1 Å². The van der Waals surface area contributed by atoms with E-state index in [4.69, 9.17) is 5.11 Å². The van der Waals surface area contributed by atoms with Crippen LogP contribution in [0.15, 0.2) is 24.3 Å². The van der Waals surface area contributed by atoms with Crippen molar-refractivity contribution in [2.75, 3.05) is 0 Å². The van der Waals surface area contributed by atoms with Gasteiger partial charge in [-0.25, -0.2) is 0 Å². The van der Waals surface area contributed by atoms with Crippen LogP contribution in [0.5, 0.6) is 0 Å². The summed E-state index contributed by atoms with van der Waals surface area (Å²) >= 11 is 0. The zero-order valence-electron chi connectivity index (χ0n) is 11.0. The number of aliphatic carboxylic acids is 1. The predicted molar refractivity (Wildman–Crippen MR) is 68.7 cm³/mol. The highest BCUT2D eigenvalue weighted by atomic mass is 19.4. The highest BCUT2D eigenvalue weighted by Crippen LogP contribution is 2.33. The number of carboxylic acids is 1. The highest BCUT2D eigenvalue weighted by Gasteiger charge is 2.31. The van der Waals surface area contributed by atoms with Crippen LogP contribution in [0.1, 0.15) is 31.1 Å². The van der Waals surface area contributed by atoms with E-state index in [9.17, 15) is 18.0 Å². The second-order valence-electron chi connectivity index (χ2n) is 4.94. The summed E-state index contributed by atoms with van der Waals surface area (Å²) in [5.41, 5.74) is 0.388. The molecule has 0 aliphatic carbocycles. The molecular weight excluding hydrogens is 271 g/mol. The molecule has 1 aromatic heterocycles. The lowest BCUT2D eigenvalue weighted by atomic mass is 10.1. The number of aromatic nitrogens is 1. The molecule has 0 aliphatic rings. The Morgan fingerprint density at radius 3 is 2.45 bits per heavy atom.